The first kappa shape index (κ1) is 27.3. The lowest BCUT2D eigenvalue weighted by molar-refractivity contribution is -0.160. The molecule has 28 heavy (non-hydrogen) atoms. The summed E-state index contributed by atoms with van der Waals surface area (Å²) in [6.45, 7) is 5.51. The summed E-state index contributed by atoms with van der Waals surface area (Å²) in [6, 6.07) is 0. The van der Waals surface area contributed by atoms with E-state index < -0.39 is 20.1 Å². The van der Waals surface area contributed by atoms with Crippen LogP contribution in [0.2, 0.25) is 0 Å². The van der Waals surface area contributed by atoms with Gasteiger partial charge in [-0.3, -0.25) is 0 Å². The van der Waals surface area contributed by atoms with Crippen LogP contribution in [-0.4, -0.2) is 22.0 Å². The highest BCUT2D eigenvalue weighted by atomic mass is 31.2. The molecule has 0 amide bonds. The second-order valence-electron chi connectivity index (χ2n) is 7.40. The first-order valence-corrected chi connectivity index (χ1v) is 12.5. The number of carbonyl (C=O) groups is 1. The summed E-state index contributed by atoms with van der Waals surface area (Å²) in [7, 11) is -4.69. The van der Waals surface area contributed by atoms with E-state index in [9.17, 15) is 9.36 Å². The molecular formula is C21H41O6P. The van der Waals surface area contributed by atoms with Crippen LogP contribution in [0.3, 0.4) is 0 Å². The first-order valence-electron chi connectivity index (χ1n) is 11.0. The van der Waals surface area contributed by atoms with Gasteiger partial charge in [-0.15, -0.1) is 0 Å². The third kappa shape index (κ3) is 20.1. The minimum absolute atomic E-state index is 0.267. The van der Waals surface area contributed by atoms with Crippen molar-refractivity contribution in [1.29, 1.82) is 0 Å². The molecule has 0 aliphatic heterocycles. The van der Waals surface area contributed by atoms with E-state index in [-0.39, 0.29) is 6.42 Å². The van der Waals surface area contributed by atoms with Crippen LogP contribution in [0, 0.1) is 0 Å². The average Bonchev–Trinajstić information content (AvgIpc) is 2.63. The van der Waals surface area contributed by atoms with Crippen LogP contribution in [0.1, 0.15) is 110 Å². The van der Waals surface area contributed by atoms with E-state index >= 15 is 0 Å². The molecule has 0 fully saturated rings. The highest BCUT2D eigenvalue weighted by molar-refractivity contribution is 7.46. The summed E-state index contributed by atoms with van der Waals surface area (Å²) in [4.78, 5) is 28.9. The third-order valence-electron chi connectivity index (χ3n) is 4.71. The Morgan fingerprint density at radius 1 is 0.857 bits per heavy atom. The molecule has 1 unspecified atom stereocenters. The van der Waals surface area contributed by atoms with Crippen molar-refractivity contribution in [2.45, 2.75) is 116 Å². The van der Waals surface area contributed by atoms with Gasteiger partial charge in [-0.05, 0) is 6.42 Å². The molecule has 1 atom stereocenters. The summed E-state index contributed by atoms with van der Waals surface area (Å²) < 4.78 is 20.3. The van der Waals surface area contributed by atoms with Gasteiger partial charge in [0.25, 0.3) is 0 Å². The van der Waals surface area contributed by atoms with E-state index in [1.807, 2.05) is 0 Å². The summed E-state index contributed by atoms with van der Waals surface area (Å²) >= 11 is 0. The Morgan fingerprint density at radius 3 is 1.61 bits per heavy atom. The molecule has 0 aromatic carbocycles. The molecule has 0 saturated heterocycles. The molecule has 0 rings (SSSR count). The summed E-state index contributed by atoms with van der Waals surface area (Å²) in [5.74, 6) is -0.751. The molecule has 2 N–H and O–H groups in total. The number of ether oxygens (including phenoxy) is 1. The van der Waals surface area contributed by atoms with Gasteiger partial charge in [0.15, 0.2) is 0 Å². The fourth-order valence-corrected chi connectivity index (χ4v) is 3.60. The minimum Gasteiger partial charge on any atom is -0.432 e. The number of phosphoric acid groups is 1. The number of phosphoric ester groups is 1. The zero-order valence-electron chi connectivity index (χ0n) is 17.7. The Balaban J connectivity index is 3.54. The Kier molecular flexibility index (Phi) is 17.9. The van der Waals surface area contributed by atoms with Crippen molar-refractivity contribution in [2.24, 2.45) is 0 Å². The van der Waals surface area contributed by atoms with Gasteiger partial charge in [0.05, 0.1) is 0 Å². The van der Waals surface area contributed by atoms with Crippen molar-refractivity contribution in [3.8, 4) is 0 Å². The number of hydrogen-bond acceptors (Lipinski definition) is 4. The number of unbranched alkanes of at least 4 members (excludes halogenated alkanes) is 14. The molecule has 0 aromatic rings. The van der Waals surface area contributed by atoms with E-state index in [1.54, 1.807) is 0 Å². The maximum absolute atomic E-state index is 11.2. The van der Waals surface area contributed by atoms with Gasteiger partial charge in [0.1, 0.15) is 0 Å². The lowest BCUT2D eigenvalue weighted by atomic mass is 10.0. The number of carbonyl (C=O) groups excluding carboxylic acids is 1. The van der Waals surface area contributed by atoms with E-state index in [2.05, 4.69) is 18.0 Å². The SMILES string of the molecule is C=CC(=O)OC(CCCCCCCCCCCCCCCCC)OP(=O)(O)O. The maximum Gasteiger partial charge on any atom is 0.472 e. The van der Waals surface area contributed by atoms with E-state index in [4.69, 9.17) is 14.5 Å². The van der Waals surface area contributed by atoms with Crippen LogP contribution in [0.5, 0.6) is 0 Å². The maximum atomic E-state index is 11.2. The van der Waals surface area contributed by atoms with Crippen molar-refractivity contribution in [2.75, 3.05) is 0 Å². The molecule has 0 aromatic heterocycles. The monoisotopic (exact) mass is 420 g/mol. The highest BCUT2D eigenvalue weighted by Crippen LogP contribution is 2.39. The second-order valence-corrected chi connectivity index (χ2v) is 8.60. The van der Waals surface area contributed by atoms with Crippen LogP contribution < -0.4 is 0 Å². The second kappa shape index (κ2) is 18.4. The molecule has 0 spiro atoms. The molecule has 0 heterocycles. The van der Waals surface area contributed by atoms with Crippen molar-refractivity contribution in [3.63, 3.8) is 0 Å². The predicted octanol–water partition coefficient (Wildman–Crippen LogP) is 6.41. The van der Waals surface area contributed by atoms with E-state index in [0.29, 0.717) is 6.42 Å². The Morgan fingerprint density at radius 2 is 1.25 bits per heavy atom. The van der Waals surface area contributed by atoms with Gasteiger partial charge in [-0.2, -0.15) is 0 Å². The fraction of sp³-hybridized carbons (Fsp3) is 0.857. The number of hydrogen-bond donors (Lipinski definition) is 2. The largest absolute Gasteiger partial charge is 0.472 e. The standard InChI is InChI=1S/C21H41O6P/c1-3-5-6-7-8-9-10-11-12-13-14-15-16-17-18-19-21(26-20(22)4-2)27-28(23,24)25/h4,21H,2-3,5-19H2,1H3,(H2,23,24,25). The van der Waals surface area contributed by atoms with Gasteiger partial charge in [-0.25, -0.2) is 13.9 Å². The van der Waals surface area contributed by atoms with Crippen molar-refractivity contribution in [3.05, 3.63) is 12.7 Å². The Hall–Kier alpha value is -0.680. The van der Waals surface area contributed by atoms with Gasteiger partial charge in [-0.1, -0.05) is 103 Å². The van der Waals surface area contributed by atoms with Crippen LogP contribution in [0.25, 0.3) is 0 Å². The number of rotatable bonds is 20. The fourth-order valence-electron chi connectivity index (χ4n) is 3.15. The minimum atomic E-state index is -4.69. The summed E-state index contributed by atoms with van der Waals surface area (Å²) in [5.41, 5.74) is 0. The van der Waals surface area contributed by atoms with E-state index in [1.165, 1.54) is 70.6 Å². The normalized spacial score (nSPS) is 12.7. The quantitative estimate of drug-likeness (QED) is 0.0777. The lowest BCUT2D eigenvalue weighted by Gasteiger charge is -2.17. The topological polar surface area (TPSA) is 93.1 Å². The zero-order valence-corrected chi connectivity index (χ0v) is 18.5. The molecule has 0 aliphatic carbocycles. The van der Waals surface area contributed by atoms with Crippen LogP contribution in [0.4, 0.5) is 0 Å². The lowest BCUT2D eigenvalue weighted by Crippen LogP contribution is -2.19. The third-order valence-corrected chi connectivity index (χ3v) is 5.22. The van der Waals surface area contributed by atoms with Gasteiger partial charge in [0.2, 0.25) is 6.29 Å². The van der Waals surface area contributed by atoms with Crippen molar-refractivity contribution in [1.82, 2.24) is 0 Å². The molecular weight excluding hydrogens is 379 g/mol. The van der Waals surface area contributed by atoms with Crippen LogP contribution in [0.15, 0.2) is 12.7 Å². The van der Waals surface area contributed by atoms with Gasteiger partial charge >= 0.3 is 13.8 Å². The molecule has 0 radical (unpaired) electrons. The molecule has 0 aliphatic rings. The first-order chi connectivity index (χ1) is 13.4. The molecule has 6 nitrogen and oxygen atoms in total. The van der Waals surface area contributed by atoms with Crippen LogP contribution >= 0.6 is 7.82 Å². The average molecular weight is 421 g/mol. The summed E-state index contributed by atoms with van der Waals surface area (Å²) in [5, 5.41) is 0. The van der Waals surface area contributed by atoms with Crippen molar-refractivity contribution < 1.29 is 28.4 Å². The van der Waals surface area contributed by atoms with Crippen molar-refractivity contribution >= 4 is 13.8 Å². The predicted molar refractivity (Wildman–Crippen MR) is 113 cm³/mol. The molecule has 7 heteroatoms. The van der Waals surface area contributed by atoms with Gasteiger partial charge in [0, 0.05) is 12.5 Å². The molecule has 0 bridgehead atoms. The molecule has 166 valence electrons. The zero-order chi connectivity index (χ0) is 21.1. The summed E-state index contributed by atoms with van der Waals surface area (Å²) in [6.07, 6.45) is 18.5. The van der Waals surface area contributed by atoms with E-state index in [0.717, 1.165) is 25.3 Å². The Labute approximate surface area is 171 Å². The highest BCUT2D eigenvalue weighted by Gasteiger charge is 2.24. The smallest absolute Gasteiger partial charge is 0.432 e. The molecule has 0 saturated carbocycles. The Bertz CT molecular complexity index is 435. The van der Waals surface area contributed by atoms with Gasteiger partial charge < -0.3 is 14.5 Å². The van der Waals surface area contributed by atoms with Crippen LogP contribution in [-0.2, 0) is 18.6 Å². The number of esters is 1.